The molecule has 12 heteroatoms. The van der Waals surface area contributed by atoms with Crippen molar-refractivity contribution in [1.29, 1.82) is 0 Å². The molecule has 1 saturated heterocycles. The zero-order valence-corrected chi connectivity index (χ0v) is 24.9. The molecule has 0 N–H and O–H groups in total. The standard InChI is InChI=1S/C32H31F3N4O4S/c1-41-27-8-3-2-7-26(27)38-11-13-39(14-12-38)31(40)25-20-44-30(36-25)19-37(17-22-5-4-6-24(15-22)32(33,34)35)18-23-9-10-28-29(16-23)43-21-42-28/h2-10,15-16,20H,11-14,17-19,21H2,1H3. The van der Waals surface area contributed by atoms with E-state index in [0.29, 0.717) is 67.0 Å². The second kappa shape index (κ2) is 12.7. The molecule has 0 spiro atoms. The molecule has 2 aliphatic heterocycles. The summed E-state index contributed by atoms with van der Waals surface area (Å²) in [5.41, 5.74) is 2.13. The van der Waals surface area contributed by atoms with E-state index >= 15 is 0 Å². The average Bonchev–Trinajstić information content (AvgIpc) is 3.70. The summed E-state index contributed by atoms with van der Waals surface area (Å²) in [6.07, 6.45) is -4.43. The van der Waals surface area contributed by atoms with Crippen molar-refractivity contribution >= 4 is 22.9 Å². The highest BCUT2D eigenvalue weighted by molar-refractivity contribution is 7.09. The van der Waals surface area contributed by atoms with Crippen LogP contribution in [0.1, 0.15) is 32.2 Å². The van der Waals surface area contributed by atoms with Gasteiger partial charge in [0.05, 0.1) is 24.9 Å². The molecule has 6 rings (SSSR count). The quantitative estimate of drug-likeness (QED) is 0.224. The predicted molar refractivity (Wildman–Crippen MR) is 160 cm³/mol. The van der Waals surface area contributed by atoms with Gasteiger partial charge >= 0.3 is 6.18 Å². The van der Waals surface area contributed by atoms with Crippen LogP contribution < -0.4 is 19.1 Å². The van der Waals surface area contributed by atoms with Crippen LogP contribution in [0.4, 0.5) is 18.9 Å². The molecular weight excluding hydrogens is 593 g/mol. The molecule has 230 valence electrons. The average molecular weight is 625 g/mol. The Morgan fingerprint density at radius 1 is 0.932 bits per heavy atom. The number of aromatic nitrogens is 1. The summed E-state index contributed by atoms with van der Waals surface area (Å²) in [6.45, 7) is 3.63. The van der Waals surface area contributed by atoms with Crippen LogP contribution in [0.2, 0.25) is 0 Å². The van der Waals surface area contributed by atoms with Crippen LogP contribution in [0.3, 0.4) is 0 Å². The van der Waals surface area contributed by atoms with Gasteiger partial charge in [-0.15, -0.1) is 11.3 Å². The minimum Gasteiger partial charge on any atom is -0.495 e. The molecule has 0 atom stereocenters. The maximum Gasteiger partial charge on any atom is 0.416 e. The number of methoxy groups -OCH3 is 1. The molecule has 44 heavy (non-hydrogen) atoms. The monoisotopic (exact) mass is 624 g/mol. The topological polar surface area (TPSA) is 67.4 Å². The van der Waals surface area contributed by atoms with Gasteiger partial charge in [0.15, 0.2) is 11.5 Å². The number of halogens is 3. The van der Waals surface area contributed by atoms with Crippen molar-refractivity contribution in [1.82, 2.24) is 14.8 Å². The van der Waals surface area contributed by atoms with Gasteiger partial charge in [-0.2, -0.15) is 13.2 Å². The van der Waals surface area contributed by atoms with E-state index in [4.69, 9.17) is 14.2 Å². The van der Waals surface area contributed by atoms with Gasteiger partial charge in [-0.1, -0.05) is 36.4 Å². The molecular formula is C32H31F3N4O4S. The van der Waals surface area contributed by atoms with Crippen LogP contribution in [0.15, 0.2) is 72.1 Å². The van der Waals surface area contributed by atoms with Gasteiger partial charge < -0.3 is 24.0 Å². The number of nitrogens with zero attached hydrogens (tertiary/aromatic N) is 4. The number of thiazole rings is 1. The molecule has 3 heterocycles. The minimum absolute atomic E-state index is 0.132. The van der Waals surface area contributed by atoms with Crippen molar-refractivity contribution in [3.8, 4) is 17.2 Å². The number of benzene rings is 3. The first kappa shape index (κ1) is 29.8. The Labute approximate surface area is 257 Å². The van der Waals surface area contributed by atoms with Gasteiger partial charge in [-0.25, -0.2) is 4.98 Å². The molecule has 0 aliphatic carbocycles. The van der Waals surface area contributed by atoms with Gasteiger partial charge in [0.25, 0.3) is 5.91 Å². The number of ether oxygens (including phenoxy) is 3. The number of anilines is 1. The van der Waals surface area contributed by atoms with E-state index in [9.17, 15) is 18.0 Å². The molecule has 0 bridgehead atoms. The minimum atomic E-state index is -4.43. The largest absolute Gasteiger partial charge is 0.495 e. The summed E-state index contributed by atoms with van der Waals surface area (Å²) in [5, 5.41) is 2.46. The molecule has 3 aromatic carbocycles. The third-order valence-corrected chi connectivity index (χ3v) is 8.46. The highest BCUT2D eigenvalue weighted by atomic mass is 32.1. The highest BCUT2D eigenvalue weighted by Crippen LogP contribution is 2.34. The Bertz CT molecular complexity index is 1620. The van der Waals surface area contributed by atoms with E-state index < -0.39 is 11.7 Å². The fourth-order valence-electron chi connectivity index (χ4n) is 5.45. The number of carbonyl (C=O) groups is 1. The Morgan fingerprint density at radius 3 is 2.45 bits per heavy atom. The summed E-state index contributed by atoms with van der Waals surface area (Å²) in [5.74, 6) is 1.96. The Balaban J connectivity index is 1.15. The first-order valence-electron chi connectivity index (χ1n) is 14.2. The maximum atomic E-state index is 13.4. The predicted octanol–water partition coefficient (Wildman–Crippen LogP) is 6.06. The van der Waals surface area contributed by atoms with E-state index in [1.54, 1.807) is 23.5 Å². The Kier molecular flexibility index (Phi) is 8.62. The number of fused-ring (bicyclic) bond motifs is 1. The third kappa shape index (κ3) is 6.76. The van der Waals surface area contributed by atoms with E-state index in [0.717, 1.165) is 23.1 Å². The maximum absolute atomic E-state index is 13.4. The molecule has 4 aromatic rings. The van der Waals surface area contributed by atoms with Crippen LogP contribution in [0.5, 0.6) is 17.2 Å². The number of para-hydroxylation sites is 2. The third-order valence-electron chi connectivity index (χ3n) is 7.63. The highest BCUT2D eigenvalue weighted by Gasteiger charge is 2.31. The van der Waals surface area contributed by atoms with Crippen molar-refractivity contribution in [2.24, 2.45) is 0 Å². The van der Waals surface area contributed by atoms with E-state index in [2.05, 4.69) is 9.88 Å². The summed E-state index contributed by atoms with van der Waals surface area (Å²) in [6, 6.07) is 18.8. The zero-order chi connectivity index (χ0) is 30.7. The van der Waals surface area contributed by atoms with Crippen LogP contribution in [0, 0.1) is 0 Å². The molecule has 1 aromatic heterocycles. The fourth-order valence-corrected chi connectivity index (χ4v) is 6.26. The summed E-state index contributed by atoms with van der Waals surface area (Å²) < 4.78 is 56.6. The van der Waals surface area contributed by atoms with Crippen LogP contribution in [0.25, 0.3) is 0 Å². The zero-order valence-electron chi connectivity index (χ0n) is 24.0. The Morgan fingerprint density at radius 2 is 1.68 bits per heavy atom. The lowest BCUT2D eigenvalue weighted by Crippen LogP contribution is -2.49. The molecule has 0 radical (unpaired) electrons. The first-order valence-corrected chi connectivity index (χ1v) is 15.0. The van der Waals surface area contributed by atoms with Crippen molar-refractivity contribution < 1.29 is 32.2 Å². The molecule has 2 aliphatic rings. The van der Waals surface area contributed by atoms with Gasteiger partial charge in [-0.05, 0) is 41.5 Å². The number of alkyl halides is 3. The molecule has 8 nitrogen and oxygen atoms in total. The summed E-state index contributed by atoms with van der Waals surface area (Å²) in [7, 11) is 1.65. The van der Waals surface area contributed by atoms with Gasteiger partial charge in [0.2, 0.25) is 6.79 Å². The van der Waals surface area contributed by atoms with Crippen molar-refractivity contribution in [2.75, 3.05) is 45.0 Å². The number of carbonyl (C=O) groups excluding carboxylic acids is 1. The van der Waals surface area contributed by atoms with Crippen molar-refractivity contribution in [3.63, 3.8) is 0 Å². The number of hydrogen-bond acceptors (Lipinski definition) is 8. The Hall–Kier alpha value is -4.29. The first-order chi connectivity index (χ1) is 21.3. The van der Waals surface area contributed by atoms with Crippen molar-refractivity contribution in [2.45, 2.75) is 25.8 Å². The number of rotatable bonds is 9. The fraction of sp³-hybridized carbons (Fsp3) is 0.312. The summed E-state index contributed by atoms with van der Waals surface area (Å²) >= 11 is 1.37. The lowest BCUT2D eigenvalue weighted by atomic mass is 10.1. The number of hydrogen-bond donors (Lipinski definition) is 0. The van der Waals surface area contributed by atoms with Gasteiger partial charge in [0.1, 0.15) is 16.5 Å². The van der Waals surface area contributed by atoms with Crippen molar-refractivity contribution in [3.05, 3.63) is 99.5 Å². The lowest BCUT2D eigenvalue weighted by molar-refractivity contribution is -0.137. The van der Waals surface area contributed by atoms with Crippen LogP contribution in [-0.4, -0.2) is 60.8 Å². The van der Waals surface area contributed by atoms with Gasteiger partial charge in [0, 0.05) is 44.6 Å². The van der Waals surface area contributed by atoms with E-state index in [1.165, 1.54) is 23.5 Å². The smallest absolute Gasteiger partial charge is 0.416 e. The number of piperazine rings is 1. The van der Waals surface area contributed by atoms with E-state index in [-0.39, 0.29) is 19.2 Å². The normalized spacial score (nSPS) is 14.8. The molecule has 0 unspecified atom stereocenters. The SMILES string of the molecule is COc1ccccc1N1CCN(C(=O)c2csc(CN(Cc3cccc(C(F)(F)F)c3)Cc3ccc4c(c3)OCO4)n2)CC1. The van der Waals surface area contributed by atoms with Crippen LogP contribution >= 0.6 is 11.3 Å². The number of amides is 1. The summed E-state index contributed by atoms with van der Waals surface area (Å²) in [4.78, 5) is 24.0. The van der Waals surface area contributed by atoms with Crippen LogP contribution in [-0.2, 0) is 25.8 Å². The van der Waals surface area contributed by atoms with E-state index in [1.807, 2.05) is 47.4 Å². The molecule has 1 amide bonds. The molecule has 0 saturated carbocycles. The second-order valence-corrected chi connectivity index (χ2v) is 11.6. The van der Waals surface area contributed by atoms with Gasteiger partial charge in [-0.3, -0.25) is 9.69 Å². The lowest BCUT2D eigenvalue weighted by Gasteiger charge is -2.36. The molecule has 1 fully saturated rings. The second-order valence-electron chi connectivity index (χ2n) is 10.6.